The summed E-state index contributed by atoms with van der Waals surface area (Å²) >= 11 is 1.68. The van der Waals surface area contributed by atoms with Gasteiger partial charge < -0.3 is 10.2 Å². The molecule has 0 fully saturated rings. The van der Waals surface area contributed by atoms with Crippen LogP contribution in [0, 0.1) is 5.41 Å². The van der Waals surface area contributed by atoms with E-state index in [1.54, 1.807) is 11.3 Å². The third-order valence-corrected chi connectivity index (χ3v) is 3.46. The summed E-state index contributed by atoms with van der Waals surface area (Å²) in [5, 5.41) is 20.7. The molecule has 0 bridgehead atoms. The molecule has 0 aliphatic heterocycles. The van der Waals surface area contributed by atoms with E-state index in [0.29, 0.717) is 0 Å². The molecular formula is C11H18O2S. The molecule has 0 radical (unpaired) electrons. The summed E-state index contributed by atoms with van der Waals surface area (Å²) in [6, 6.07) is 4.06. The highest BCUT2D eigenvalue weighted by molar-refractivity contribution is 7.09. The van der Waals surface area contributed by atoms with Gasteiger partial charge in [-0.2, -0.15) is 0 Å². The molecule has 1 aromatic rings. The van der Waals surface area contributed by atoms with E-state index in [0.717, 1.165) is 19.3 Å². The maximum absolute atomic E-state index is 9.35. The molecule has 14 heavy (non-hydrogen) atoms. The zero-order valence-electron chi connectivity index (χ0n) is 8.57. The van der Waals surface area contributed by atoms with Gasteiger partial charge in [0.15, 0.2) is 0 Å². The monoisotopic (exact) mass is 214 g/mol. The summed E-state index contributed by atoms with van der Waals surface area (Å²) < 4.78 is 0. The summed E-state index contributed by atoms with van der Waals surface area (Å²) in [4.78, 5) is 1.24. The van der Waals surface area contributed by atoms with Gasteiger partial charge in [0.25, 0.3) is 0 Å². The molecule has 1 aromatic heterocycles. The van der Waals surface area contributed by atoms with E-state index in [1.807, 2.05) is 11.4 Å². The molecule has 2 nitrogen and oxygen atoms in total. The topological polar surface area (TPSA) is 40.5 Å². The van der Waals surface area contributed by atoms with Gasteiger partial charge in [-0.1, -0.05) is 19.4 Å². The molecular weight excluding hydrogens is 196 g/mol. The van der Waals surface area contributed by atoms with E-state index in [1.165, 1.54) is 4.88 Å². The normalized spacial score (nSPS) is 11.9. The van der Waals surface area contributed by atoms with Crippen molar-refractivity contribution in [3.63, 3.8) is 0 Å². The van der Waals surface area contributed by atoms with Crippen LogP contribution < -0.4 is 0 Å². The van der Waals surface area contributed by atoms with Gasteiger partial charge in [0, 0.05) is 10.3 Å². The fraction of sp³-hybridized carbons (Fsp3) is 0.636. The zero-order chi connectivity index (χ0) is 10.4. The number of hydrogen-bond acceptors (Lipinski definition) is 3. The Balaban J connectivity index is 2.67. The molecule has 3 heteroatoms. The number of rotatable bonds is 6. The predicted molar refractivity (Wildman–Crippen MR) is 59.5 cm³/mol. The van der Waals surface area contributed by atoms with Gasteiger partial charge in [-0.05, 0) is 24.3 Å². The van der Waals surface area contributed by atoms with E-state index < -0.39 is 0 Å². The van der Waals surface area contributed by atoms with Gasteiger partial charge in [0.2, 0.25) is 0 Å². The van der Waals surface area contributed by atoms with Crippen molar-refractivity contribution in [2.24, 2.45) is 5.41 Å². The summed E-state index contributed by atoms with van der Waals surface area (Å²) in [5.74, 6) is 0. The first kappa shape index (κ1) is 11.7. The lowest BCUT2D eigenvalue weighted by atomic mass is 9.81. The first-order valence-corrected chi connectivity index (χ1v) is 5.88. The van der Waals surface area contributed by atoms with E-state index >= 15 is 0 Å². The van der Waals surface area contributed by atoms with Crippen molar-refractivity contribution in [1.29, 1.82) is 0 Å². The molecule has 80 valence electrons. The van der Waals surface area contributed by atoms with Crippen molar-refractivity contribution in [2.45, 2.75) is 26.2 Å². The number of aliphatic hydroxyl groups excluding tert-OH is 2. The van der Waals surface area contributed by atoms with E-state index in [9.17, 15) is 10.2 Å². The van der Waals surface area contributed by atoms with E-state index in [2.05, 4.69) is 13.0 Å². The Hall–Kier alpha value is -0.380. The van der Waals surface area contributed by atoms with Crippen LogP contribution in [-0.4, -0.2) is 23.4 Å². The highest BCUT2D eigenvalue weighted by atomic mass is 32.1. The van der Waals surface area contributed by atoms with Crippen LogP contribution in [0.1, 0.15) is 24.6 Å². The van der Waals surface area contributed by atoms with Gasteiger partial charge in [-0.3, -0.25) is 0 Å². The van der Waals surface area contributed by atoms with Crippen molar-refractivity contribution in [3.05, 3.63) is 22.4 Å². The number of aliphatic hydroxyl groups is 2. The maximum Gasteiger partial charge on any atom is 0.0512 e. The Bertz CT molecular complexity index is 240. The summed E-state index contributed by atoms with van der Waals surface area (Å²) in [5.41, 5.74) is -0.320. The first-order chi connectivity index (χ1) is 6.76. The second-order valence-corrected chi connectivity index (χ2v) is 4.85. The lowest BCUT2D eigenvalue weighted by Crippen LogP contribution is -2.31. The molecule has 2 N–H and O–H groups in total. The predicted octanol–water partition coefficient (Wildman–Crippen LogP) is 2.06. The zero-order valence-corrected chi connectivity index (χ0v) is 9.39. The van der Waals surface area contributed by atoms with Crippen molar-refractivity contribution < 1.29 is 10.2 Å². The van der Waals surface area contributed by atoms with Gasteiger partial charge >= 0.3 is 0 Å². The molecule has 1 heterocycles. The van der Waals surface area contributed by atoms with Gasteiger partial charge in [-0.25, -0.2) is 0 Å². The fourth-order valence-corrected chi connectivity index (χ4v) is 2.60. The minimum Gasteiger partial charge on any atom is -0.396 e. The smallest absolute Gasteiger partial charge is 0.0512 e. The molecule has 1 rings (SSSR count). The molecule has 0 spiro atoms. The van der Waals surface area contributed by atoms with E-state index in [4.69, 9.17) is 0 Å². The van der Waals surface area contributed by atoms with Crippen LogP contribution in [0.5, 0.6) is 0 Å². The Morgan fingerprint density at radius 1 is 1.36 bits per heavy atom. The minimum absolute atomic E-state index is 0.0647. The molecule has 0 saturated carbocycles. The van der Waals surface area contributed by atoms with Crippen molar-refractivity contribution in [1.82, 2.24) is 0 Å². The second kappa shape index (κ2) is 5.49. The molecule has 0 saturated heterocycles. The van der Waals surface area contributed by atoms with Crippen LogP contribution in [0.4, 0.5) is 0 Å². The average Bonchev–Trinajstić information content (AvgIpc) is 2.69. The average molecular weight is 214 g/mol. The van der Waals surface area contributed by atoms with Crippen LogP contribution in [0.3, 0.4) is 0 Å². The van der Waals surface area contributed by atoms with Crippen LogP contribution in [-0.2, 0) is 6.42 Å². The molecule has 0 aliphatic rings. The first-order valence-electron chi connectivity index (χ1n) is 5.00. The Labute approximate surface area is 89.2 Å². The Kier molecular flexibility index (Phi) is 4.58. The van der Waals surface area contributed by atoms with Crippen LogP contribution in [0.25, 0.3) is 0 Å². The largest absolute Gasteiger partial charge is 0.396 e. The lowest BCUT2D eigenvalue weighted by Gasteiger charge is -2.28. The standard InChI is InChI=1S/C11H18O2S/c1-2-5-11(8-12,9-13)7-10-4-3-6-14-10/h3-4,6,12-13H,2,5,7-9H2,1H3. The van der Waals surface area contributed by atoms with Crippen LogP contribution in [0.2, 0.25) is 0 Å². The molecule has 0 aromatic carbocycles. The molecule has 0 aliphatic carbocycles. The van der Waals surface area contributed by atoms with E-state index in [-0.39, 0.29) is 18.6 Å². The lowest BCUT2D eigenvalue weighted by molar-refractivity contribution is 0.0473. The van der Waals surface area contributed by atoms with Crippen molar-refractivity contribution in [2.75, 3.05) is 13.2 Å². The molecule has 0 atom stereocenters. The van der Waals surface area contributed by atoms with Crippen LogP contribution >= 0.6 is 11.3 Å². The highest BCUT2D eigenvalue weighted by Gasteiger charge is 2.28. The van der Waals surface area contributed by atoms with Gasteiger partial charge in [0.05, 0.1) is 13.2 Å². The summed E-state index contributed by atoms with van der Waals surface area (Å²) in [6.45, 7) is 2.21. The van der Waals surface area contributed by atoms with Gasteiger partial charge in [0.1, 0.15) is 0 Å². The SMILES string of the molecule is CCCC(CO)(CO)Cc1cccs1. The quantitative estimate of drug-likeness (QED) is 0.761. The number of hydrogen-bond donors (Lipinski definition) is 2. The van der Waals surface area contributed by atoms with Crippen molar-refractivity contribution >= 4 is 11.3 Å². The third kappa shape index (κ3) is 2.80. The maximum atomic E-state index is 9.35. The minimum atomic E-state index is -0.320. The second-order valence-electron chi connectivity index (χ2n) is 3.82. The Morgan fingerprint density at radius 3 is 2.50 bits per heavy atom. The van der Waals surface area contributed by atoms with Crippen molar-refractivity contribution in [3.8, 4) is 0 Å². The number of thiophene rings is 1. The third-order valence-electron chi connectivity index (χ3n) is 2.58. The molecule has 0 unspecified atom stereocenters. The molecule has 0 amide bonds. The van der Waals surface area contributed by atoms with Gasteiger partial charge in [-0.15, -0.1) is 11.3 Å². The fourth-order valence-electron chi connectivity index (χ4n) is 1.72. The highest BCUT2D eigenvalue weighted by Crippen LogP contribution is 2.29. The van der Waals surface area contributed by atoms with Crippen LogP contribution in [0.15, 0.2) is 17.5 Å². The summed E-state index contributed by atoms with van der Waals surface area (Å²) in [6.07, 6.45) is 2.65. The summed E-state index contributed by atoms with van der Waals surface area (Å²) in [7, 11) is 0. The Morgan fingerprint density at radius 2 is 2.07 bits per heavy atom.